The minimum Gasteiger partial charge on any atom is -0.453 e. The van der Waals surface area contributed by atoms with Crippen LogP contribution in [0.2, 0.25) is 5.02 Å². The molecule has 0 radical (unpaired) electrons. The van der Waals surface area contributed by atoms with Gasteiger partial charge in [0.25, 0.3) is 11.5 Å². The van der Waals surface area contributed by atoms with Gasteiger partial charge in [-0.25, -0.2) is 23.1 Å². The van der Waals surface area contributed by atoms with Crippen LogP contribution in [0.25, 0.3) is 5.69 Å². The summed E-state index contributed by atoms with van der Waals surface area (Å²) in [5.41, 5.74) is 3.57. The highest BCUT2D eigenvalue weighted by molar-refractivity contribution is 6.34. The van der Waals surface area contributed by atoms with Gasteiger partial charge in [0.2, 0.25) is 0 Å². The van der Waals surface area contributed by atoms with Crippen molar-refractivity contribution in [3.63, 3.8) is 0 Å². The van der Waals surface area contributed by atoms with Crippen molar-refractivity contribution in [3.05, 3.63) is 117 Å². The molecule has 2 heterocycles. The van der Waals surface area contributed by atoms with E-state index in [-0.39, 0.29) is 40.3 Å². The number of nitrogen functional groups attached to an aromatic ring is 1. The number of carbonyl (C=O) groups excluding carboxylic acids is 1. The van der Waals surface area contributed by atoms with Crippen molar-refractivity contribution in [2.45, 2.75) is 6.54 Å². The molecule has 0 bridgehead atoms. The molecule has 1 amide bonds. The number of anilines is 2. The van der Waals surface area contributed by atoms with Crippen LogP contribution in [0.5, 0.6) is 11.5 Å². The van der Waals surface area contributed by atoms with Crippen LogP contribution < -0.4 is 27.0 Å². The first-order chi connectivity index (χ1) is 17.7. The quantitative estimate of drug-likeness (QED) is 0.350. The van der Waals surface area contributed by atoms with Crippen molar-refractivity contribution < 1.29 is 18.3 Å². The second kappa shape index (κ2) is 10.5. The van der Waals surface area contributed by atoms with E-state index >= 15 is 0 Å². The van der Waals surface area contributed by atoms with Crippen LogP contribution >= 0.6 is 11.6 Å². The molecule has 0 aliphatic carbocycles. The van der Waals surface area contributed by atoms with Crippen molar-refractivity contribution >= 4 is 29.0 Å². The van der Waals surface area contributed by atoms with E-state index < -0.39 is 34.4 Å². The van der Waals surface area contributed by atoms with Gasteiger partial charge in [0.15, 0.2) is 17.3 Å². The van der Waals surface area contributed by atoms with Crippen LogP contribution in [0, 0.1) is 11.6 Å². The van der Waals surface area contributed by atoms with E-state index in [1.165, 1.54) is 42.6 Å². The van der Waals surface area contributed by atoms with Gasteiger partial charge in [-0.2, -0.15) is 0 Å². The third-order valence-corrected chi connectivity index (χ3v) is 5.48. The number of ether oxygens (including phenoxy) is 1. The topological polar surface area (TPSA) is 121 Å². The molecule has 0 aliphatic heterocycles. The summed E-state index contributed by atoms with van der Waals surface area (Å²) in [5, 5.41) is 2.43. The summed E-state index contributed by atoms with van der Waals surface area (Å²) in [6.45, 7) is 3.55. The Kier molecular flexibility index (Phi) is 7.16. The van der Waals surface area contributed by atoms with Gasteiger partial charge in [0.05, 0.1) is 5.69 Å². The predicted molar refractivity (Wildman–Crippen MR) is 135 cm³/mol. The van der Waals surface area contributed by atoms with Gasteiger partial charge in [-0.3, -0.25) is 14.2 Å². The molecular weight excluding hydrogens is 508 g/mol. The van der Waals surface area contributed by atoms with Crippen LogP contribution in [0.15, 0.2) is 83.2 Å². The Morgan fingerprint density at radius 2 is 1.86 bits per heavy atom. The first-order valence-corrected chi connectivity index (χ1v) is 11.0. The number of amides is 1. The largest absolute Gasteiger partial charge is 0.453 e. The zero-order chi connectivity index (χ0) is 26.7. The second-order valence-electron chi connectivity index (χ2n) is 7.59. The van der Waals surface area contributed by atoms with E-state index in [1.807, 2.05) is 0 Å². The number of aromatic nitrogens is 3. The van der Waals surface area contributed by atoms with Crippen LogP contribution in [0.1, 0.15) is 10.4 Å². The van der Waals surface area contributed by atoms with Crippen LogP contribution in [0.4, 0.5) is 20.3 Å². The van der Waals surface area contributed by atoms with Gasteiger partial charge in [-0.1, -0.05) is 17.7 Å². The normalized spacial score (nSPS) is 10.7. The maximum Gasteiger partial charge on any atom is 0.335 e. The van der Waals surface area contributed by atoms with Gasteiger partial charge in [-0.15, -0.1) is 6.58 Å². The van der Waals surface area contributed by atoms with E-state index in [1.54, 1.807) is 0 Å². The Hall–Kier alpha value is -4.77. The summed E-state index contributed by atoms with van der Waals surface area (Å²) in [6, 6.07) is 9.57. The summed E-state index contributed by atoms with van der Waals surface area (Å²) < 4.78 is 35.4. The van der Waals surface area contributed by atoms with E-state index in [0.717, 1.165) is 33.5 Å². The molecule has 4 rings (SSSR count). The molecular formula is C25H18ClF2N5O4. The molecule has 0 unspecified atom stereocenters. The summed E-state index contributed by atoms with van der Waals surface area (Å²) in [7, 11) is 0. The molecule has 4 aromatic rings. The number of hydrogen-bond donors (Lipinski definition) is 2. The highest BCUT2D eigenvalue weighted by atomic mass is 35.5. The standard InChI is InChI=1S/C25H18ClF2N5O4/c1-2-11-32-13-17(24(35)33(25(32)36)16-6-3-14(27)4-7-16)23(34)31-15-5-8-19(18(28)12-15)37-20-9-10-30-22(29)21(20)26/h2-10,12-13H,1,11H2,(H2,29,30)(H,31,34). The average Bonchev–Trinajstić information content (AvgIpc) is 2.86. The number of nitrogens with one attached hydrogen (secondary N) is 1. The monoisotopic (exact) mass is 525 g/mol. The number of hydrogen-bond acceptors (Lipinski definition) is 6. The minimum absolute atomic E-state index is 0.00407. The molecule has 12 heteroatoms. The van der Waals surface area contributed by atoms with Crippen molar-refractivity contribution in [2.24, 2.45) is 0 Å². The lowest BCUT2D eigenvalue weighted by Gasteiger charge is -2.13. The number of benzene rings is 2. The molecule has 0 atom stereocenters. The molecule has 2 aromatic carbocycles. The number of carbonyl (C=O) groups is 1. The minimum atomic E-state index is -0.945. The smallest absolute Gasteiger partial charge is 0.335 e. The van der Waals surface area contributed by atoms with Crippen molar-refractivity contribution in [3.8, 4) is 17.2 Å². The molecule has 0 aliphatic rings. The summed E-state index contributed by atoms with van der Waals surface area (Å²) in [4.78, 5) is 42.7. The fourth-order valence-electron chi connectivity index (χ4n) is 3.34. The fourth-order valence-corrected chi connectivity index (χ4v) is 3.49. The number of nitrogens with zero attached hydrogens (tertiary/aromatic N) is 3. The Morgan fingerprint density at radius 1 is 1.14 bits per heavy atom. The number of nitrogens with two attached hydrogens (primary N) is 1. The fraction of sp³-hybridized carbons (Fsp3) is 0.0400. The highest BCUT2D eigenvalue weighted by Crippen LogP contribution is 2.33. The Morgan fingerprint density at radius 3 is 2.54 bits per heavy atom. The van der Waals surface area contributed by atoms with Crippen LogP contribution in [-0.2, 0) is 6.54 Å². The molecule has 0 saturated carbocycles. The molecule has 2 aromatic heterocycles. The van der Waals surface area contributed by atoms with E-state index in [0.29, 0.717) is 0 Å². The van der Waals surface area contributed by atoms with Gasteiger partial charge >= 0.3 is 5.69 Å². The Balaban J connectivity index is 1.66. The summed E-state index contributed by atoms with van der Waals surface area (Å²) >= 11 is 6.02. The summed E-state index contributed by atoms with van der Waals surface area (Å²) in [5.74, 6) is -2.44. The van der Waals surface area contributed by atoms with E-state index in [9.17, 15) is 23.2 Å². The lowest BCUT2D eigenvalue weighted by Crippen LogP contribution is -2.42. The second-order valence-corrected chi connectivity index (χ2v) is 7.97. The van der Waals surface area contributed by atoms with Crippen molar-refractivity contribution in [2.75, 3.05) is 11.1 Å². The molecule has 37 heavy (non-hydrogen) atoms. The number of rotatable bonds is 7. The predicted octanol–water partition coefficient (Wildman–Crippen LogP) is 4.14. The highest BCUT2D eigenvalue weighted by Gasteiger charge is 2.19. The van der Waals surface area contributed by atoms with Crippen LogP contribution in [0.3, 0.4) is 0 Å². The van der Waals surface area contributed by atoms with Crippen LogP contribution in [-0.4, -0.2) is 20.0 Å². The molecule has 188 valence electrons. The zero-order valence-electron chi connectivity index (χ0n) is 19.0. The lowest BCUT2D eigenvalue weighted by molar-refractivity contribution is 0.102. The first-order valence-electron chi connectivity index (χ1n) is 10.6. The van der Waals surface area contributed by atoms with Gasteiger partial charge in [0.1, 0.15) is 22.2 Å². The molecule has 0 saturated heterocycles. The molecule has 9 nitrogen and oxygen atoms in total. The number of pyridine rings is 1. The molecule has 0 spiro atoms. The zero-order valence-corrected chi connectivity index (χ0v) is 19.7. The van der Waals surface area contributed by atoms with E-state index in [4.69, 9.17) is 22.1 Å². The SMILES string of the molecule is C=CCn1cc(C(=O)Nc2ccc(Oc3ccnc(N)c3Cl)c(F)c2)c(=O)n(-c2ccc(F)cc2)c1=O. The Labute approximate surface area is 213 Å². The van der Waals surface area contributed by atoms with Crippen molar-refractivity contribution in [1.82, 2.24) is 14.1 Å². The van der Waals surface area contributed by atoms with Gasteiger partial charge in [-0.05, 0) is 36.4 Å². The maximum atomic E-state index is 14.7. The Bertz CT molecular complexity index is 1630. The number of halogens is 3. The summed E-state index contributed by atoms with van der Waals surface area (Å²) in [6.07, 6.45) is 3.82. The van der Waals surface area contributed by atoms with E-state index in [2.05, 4.69) is 16.9 Å². The maximum absolute atomic E-state index is 14.7. The molecule has 0 fully saturated rings. The average molecular weight is 526 g/mol. The van der Waals surface area contributed by atoms with Gasteiger partial charge in [0, 0.05) is 36.8 Å². The third kappa shape index (κ3) is 5.26. The first kappa shape index (κ1) is 25.3. The van der Waals surface area contributed by atoms with Crippen molar-refractivity contribution in [1.29, 1.82) is 0 Å². The lowest BCUT2D eigenvalue weighted by atomic mass is 10.2. The molecule has 3 N–H and O–H groups in total. The number of allylic oxidation sites excluding steroid dienone is 1. The van der Waals surface area contributed by atoms with Gasteiger partial charge < -0.3 is 15.8 Å². The third-order valence-electron chi connectivity index (χ3n) is 5.10.